The van der Waals surface area contributed by atoms with Gasteiger partial charge in [0.15, 0.2) is 0 Å². The fourth-order valence-corrected chi connectivity index (χ4v) is 3.33. The molecule has 4 nitrogen and oxygen atoms in total. The molecule has 1 heterocycles. The summed E-state index contributed by atoms with van der Waals surface area (Å²) in [6, 6.07) is 9.71. The number of hydrogen-bond donors (Lipinski definition) is 1. The van der Waals surface area contributed by atoms with Crippen LogP contribution in [-0.2, 0) is 11.2 Å². The first-order valence-electron chi connectivity index (χ1n) is 7.89. The van der Waals surface area contributed by atoms with Gasteiger partial charge >= 0.3 is 6.03 Å². The summed E-state index contributed by atoms with van der Waals surface area (Å²) in [6.07, 6.45) is 2.39. The van der Waals surface area contributed by atoms with Crippen LogP contribution in [0, 0.1) is 0 Å². The quantitative estimate of drug-likeness (QED) is 0.620. The third kappa shape index (κ3) is 3.46. The molecule has 0 aromatic heterocycles. The van der Waals surface area contributed by atoms with Gasteiger partial charge in [-0.3, -0.25) is 9.69 Å². The van der Waals surface area contributed by atoms with Gasteiger partial charge in [-0.2, -0.15) is 12.6 Å². The number of carbonyl (C=O) groups is 2. The molecular formula is C17H24N2O2S. The zero-order valence-electron chi connectivity index (χ0n) is 13.2. The van der Waals surface area contributed by atoms with Crippen LogP contribution in [0.4, 0.5) is 4.79 Å². The number of rotatable bonds is 7. The maximum atomic E-state index is 12.7. The fraction of sp³-hybridized carbons (Fsp3) is 0.529. The van der Waals surface area contributed by atoms with Crippen molar-refractivity contribution in [1.82, 2.24) is 9.80 Å². The number of urea groups is 1. The van der Waals surface area contributed by atoms with Crippen molar-refractivity contribution in [2.75, 3.05) is 12.3 Å². The Morgan fingerprint density at radius 1 is 1.09 bits per heavy atom. The van der Waals surface area contributed by atoms with Gasteiger partial charge in [0.1, 0.15) is 6.54 Å². The molecule has 3 amide bonds. The Hall–Kier alpha value is -1.49. The molecule has 0 radical (unpaired) electrons. The molecule has 0 spiro atoms. The molecule has 0 bridgehead atoms. The van der Waals surface area contributed by atoms with Gasteiger partial charge in [-0.25, -0.2) is 4.79 Å². The number of nitrogens with zero attached hydrogens (tertiary/aromatic N) is 2. The minimum Gasteiger partial charge on any atom is -0.312 e. The largest absolute Gasteiger partial charge is 0.327 e. The normalized spacial score (nSPS) is 16.7. The van der Waals surface area contributed by atoms with E-state index >= 15 is 0 Å². The van der Waals surface area contributed by atoms with Gasteiger partial charge in [0.2, 0.25) is 0 Å². The van der Waals surface area contributed by atoms with Crippen LogP contribution < -0.4 is 0 Å². The number of amides is 3. The topological polar surface area (TPSA) is 40.6 Å². The van der Waals surface area contributed by atoms with Crippen LogP contribution in [0.1, 0.15) is 32.3 Å². The van der Waals surface area contributed by atoms with Gasteiger partial charge < -0.3 is 4.90 Å². The van der Waals surface area contributed by atoms with Crippen molar-refractivity contribution in [2.45, 2.75) is 45.2 Å². The summed E-state index contributed by atoms with van der Waals surface area (Å²) in [5.41, 5.74) is 1.11. The Balaban J connectivity index is 2.15. The first-order valence-corrected chi connectivity index (χ1v) is 8.53. The Labute approximate surface area is 137 Å². The van der Waals surface area contributed by atoms with Crippen molar-refractivity contribution in [3.05, 3.63) is 35.9 Å². The molecule has 0 N–H and O–H groups in total. The average molecular weight is 320 g/mol. The molecule has 1 aromatic carbocycles. The monoisotopic (exact) mass is 320 g/mol. The van der Waals surface area contributed by atoms with Crippen LogP contribution >= 0.6 is 12.6 Å². The third-order valence-electron chi connectivity index (χ3n) is 4.30. The van der Waals surface area contributed by atoms with E-state index in [2.05, 4.69) is 26.5 Å². The highest BCUT2D eigenvalue weighted by Gasteiger charge is 2.42. The number of thiol groups is 1. The van der Waals surface area contributed by atoms with E-state index in [1.807, 2.05) is 30.3 Å². The second-order valence-electron chi connectivity index (χ2n) is 5.67. The summed E-state index contributed by atoms with van der Waals surface area (Å²) >= 11 is 4.36. The zero-order chi connectivity index (χ0) is 16.1. The summed E-state index contributed by atoms with van der Waals surface area (Å²) in [5, 5.41) is 0. The summed E-state index contributed by atoms with van der Waals surface area (Å²) in [7, 11) is 0. The molecule has 5 heteroatoms. The lowest BCUT2D eigenvalue weighted by Gasteiger charge is -2.28. The number of hydrogen-bond acceptors (Lipinski definition) is 3. The summed E-state index contributed by atoms with van der Waals surface area (Å²) in [6.45, 7) is 4.30. The molecule has 1 fully saturated rings. The SMILES string of the molecule is CCC(CC)N1CC(=O)N(C(CS)Cc2ccccc2)C1=O. The Morgan fingerprint density at radius 3 is 2.27 bits per heavy atom. The highest BCUT2D eigenvalue weighted by atomic mass is 32.1. The van der Waals surface area contributed by atoms with Crippen LogP contribution in [0.5, 0.6) is 0 Å². The number of imide groups is 1. The average Bonchev–Trinajstić information content (AvgIpc) is 2.82. The van der Waals surface area contributed by atoms with Gasteiger partial charge in [0.25, 0.3) is 5.91 Å². The maximum absolute atomic E-state index is 12.7. The summed E-state index contributed by atoms with van der Waals surface area (Å²) < 4.78 is 0. The Bertz CT molecular complexity index is 517. The van der Waals surface area contributed by atoms with Gasteiger partial charge in [-0.05, 0) is 24.8 Å². The molecule has 1 aromatic rings. The van der Waals surface area contributed by atoms with Crippen LogP contribution in [0.2, 0.25) is 0 Å². The van der Waals surface area contributed by atoms with E-state index in [1.54, 1.807) is 4.90 Å². The predicted octanol–water partition coefficient (Wildman–Crippen LogP) is 2.98. The van der Waals surface area contributed by atoms with Crippen LogP contribution in [0.15, 0.2) is 30.3 Å². The van der Waals surface area contributed by atoms with Crippen molar-refractivity contribution in [3.63, 3.8) is 0 Å². The van der Waals surface area contributed by atoms with E-state index in [1.165, 1.54) is 4.90 Å². The maximum Gasteiger partial charge on any atom is 0.327 e. The van der Waals surface area contributed by atoms with E-state index in [4.69, 9.17) is 0 Å². The second kappa shape index (κ2) is 7.68. The molecule has 0 saturated carbocycles. The first kappa shape index (κ1) is 16.9. The van der Waals surface area contributed by atoms with E-state index in [-0.39, 0.29) is 30.6 Å². The molecular weight excluding hydrogens is 296 g/mol. The molecule has 0 aliphatic carbocycles. The highest BCUT2D eigenvalue weighted by molar-refractivity contribution is 7.80. The van der Waals surface area contributed by atoms with E-state index in [9.17, 15) is 9.59 Å². The molecule has 1 aliphatic rings. The van der Waals surface area contributed by atoms with Crippen LogP contribution in [0.3, 0.4) is 0 Å². The van der Waals surface area contributed by atoms with Gasteiger partial charge in [0.05, 0.1) is 6.04 Å². The van der Waals surface area contributed by atoms with Crippen molar-refractivity contribution in [1.29, 1.82) is 0 Å². The van der Waals surface area contributed by atoms with E-state index < -0.39 is 0 Å². The number of benzene rings is 1. The molecule has 1 atom stereocenters. The van der Waals surface area contributed by atoms with Crippen LogP contribution in [-0.4, -0.2) is 46.1 Å². The van der Waals surface area contributed by atoms with E-state index in [0.717, 1.165) is 18.4 Å². The van der Waals surface area contributed by atoms with Crippen LogP contribution in [0.25, 0.3) is 0 Å². The van der Waals surface area contributed by atoms with Gasteiger partial charge in [-0.1, -0.05) is 44.2 Å². The Kier molecular flexibility index (Phi) is 5.89. The minimum atomic E-state index is -0.190. The van der Waals surface area contributed by atoms with E-state index in [0.29, 0.717) is 12.2 Å². The molecule has 120 valence electrons. The molecule has 1 aliphatic heterocycles. The van der Waals surface area contributed by atoms with Crippen molar-refractivity contribution in [2.24, 2.45) is 0 Å². The van der Waals surface area contributed by atoms with Crippen molar-refractivity contribution >= 4 is 24.6 Å². The molecule has 1 saturated heterocycles. The standard InChI is InChI=1S/C17H24N2O2S/c1-3-14(4-2)18-11-16(20)19(17(18)21)15(12-22)10-13-8-6-5-7-9-13/h5-9,14-15,22H,3-4,10-12H2,1-2H3. The lowest BCUT2D eigenvalue weighted by atomic mass is 10.1. The number of carbonyl (C=O) groups excluding carboxylic acids is 2. The first-order chi connectivity index (χ1) is 10.6. The smallest absolute Gasteiger partial charge is 0.312 e. The molecule has 2 rings (SSSR count). The zero-order valence-corrected chi connectivity index (χ0v) is 14.1. The second-order valence-corrected chi connectivity index (χ2v) is 6.04. The van der Waals surface area contributed by atoms with Crippen molar-refractivity contribution in [3.8, 4) is 0 Å². The van der Waals surface area contributed by atoms with Crippen molar-refractivity contribution < 1.29 is 9.59 Å². The molecule has 1 unspecified atom stereocenters. The third-order valence-corrected chi connectivity index (χ3v) is 4.72. The predicted molar refractivity (Wildman–Crippen MR) is 91.1 cm³/mol. The van der Waals surface area contributed by atoms with Gasteiger partial charge in [0, 0.05) is 11.8 Å². The minimum absolute atomic E-state index is 0.105. The van der Waals surface area contributed by atoms with Gasteiger partial charge in [-0.15, -0.1) is 0 Å². The highest BCUT2D eigenvalue weighted by Crippen LogP contribution is 2.22. The lowest BCUT2D eigenvalue weighted by Crippen LogP contribution is -2.45. The fourth-order valence-electron chi connectivity index (χ4n) is 3.03. The summed E-state index contributed by atoms with van der Waals surface area (Å²) in [4.78, 5) is 28.1. The summed E-state index contributed by atoms with van der Waals surface area (Å²) in [5.74, 6) is 0.371. The molecule has 22 heavy (non-hydrogen) atoms. The Morgan fingerprint density at radius 2 is 1.73 bits per heavy atom. The lowest BCUT2D eigenvalue weighted by molar-refractivity contribution is -0.126.